The van der Waals surface area contributed by atoms with Crippen molar-refractivity contribution in [1.82, 2.24) is 24.8 Å². The van der Waals surface area contributed by atoms with Crippen LogP contribution in [0.25, 0.3) is 0 Å². The maximum atomic E-state index is 13.1. The van der Waals surface area contributed by atoms with E-state index in [0.29, 0.717) is 18.0 Å². The lowest BCUT2D eigenvalue weighted by Crippen LogP contribution is -2.41. The summed E-state index contributed by atoms with van der Waals surface area (Å²) in [6.45, 7) is 0.576. The summed E-state index contributed by atoms with van der Waals surface area (Å²) in [5, 5.41) is 0. The van der Waals surface area contributed by atoms with Gasteiger partial charge in [-0.25, -0.2) is 4.98 Å². The Morgan fingerprint density at radius 1 is 1.32 bits per heavy atom. The number of carbonyl (C=O) groups is 1. The van der Waals surface area contributed by atoms with Gasteiger partial charge in [0.25, 0.3) is 5.91 Å². The van der Waals surface area contributed by atoms with Crippen molar-refractivity contribution in [1.29, 1.82) is 0 Å². The molecule has 1 aliphatic rings. The first-order chi connectivity index (χ1) is 12.3. The molecule has 0 radical (unpaired) electrons. The summed E-state index contributed by atoms with van der Waals surface area (Å²) >= 11 is 0. The topological polar surface area (TPSA) is 84.0 Å². The number of ether oxygens (including phenoxy) is 1. The predicted molar refractivity (Wildman–Crippen MR) is 90.2 cm³/mol. The fourth-order valence-corrected chi connectivity index (χ4v) is 3.17. The zero-order valence-electron chi connectivity index (χ0n) is 13.7. The number of H-pyrrole nitrogens is 1. The van der Waals surface area contributed by atoms with Crippen LogP contribution in [-0.4, -0.2) is 44.4 Å². The van der Waals surface area contributed by atoms with Crippen LogP contribution in [0.15, 0.2) is 49.2 Å². The van der Waals surface area contributed by atoms with Crippen LogP contribution >= 0.6 is 0 Å². The van der Waals surface area contributed by atoms with Crippen molar-refractivity contribution in [2.75, 3.05) is 13.7 Å². The second kappa shape index (κ2) is 6.35. The molecule has 4 rings (SSSR count). The highest BCUT2D eigenvalue weighted by atomic mass is 16.5. The number of methoxy groups -OCH3 is 1. The zero-order chi connectivity index (χ0) is 17.2. The second-order valence-electron chi connectivity index (χ2n) is 5.78. The fourth-order valence-electron chi connectivity index (χ4n) is 3.17. The van der Waals surface area contributed by atoms with Crippen molar-refractivity contribution in [2.24, 2.45) is 0 Å². The molecule has 0 fully saturated rings. The zero-order valence-corrected chi connectivity index (χ0v) is 13.7. The van der Waals surface area contributed by atoms with E-state index in [1.165, 1.54) is 0 Å². The van der Waals surface area contributed by atoms with E-state index < -0.39 is 0 Å². The molecule has 1 atom stereocenters. The van der Waals surface area contributed by atoms with Crippen molar-refractivity contribution in [3.05, 3.63) is 71.8 Å². The van der Waals surface area contributed by atoms with Crippen LogP contribution in [-0.2, 0) is 6.42 Å². The van der Waals surface area contributed by atoms with E-state index >= 15 is 0 Å². The van der Waals surface area contributed by atoms with E-state index in [1.54, 1.807) is 49.1 Å². The van der Waals surface area contributed by atoms with E-state index in [2.05, 4.69) is 19.9 Å². The normalized spacial score (nSPS) is 16.4. The van der Waals surface area contributed by atoms with Crippen LogP contribution < -0.4 is 4.74 Å². The van der Waals surface area contributed by atoms with Crippen LogP contribution in [0, 0.1) is 0 Å². The Balaban J connectivity index is 1.76. The summed E-state index contributed by atoms with van der Waals surface area (Å²) in [5.74, 6) is 0.454. The molecule has 0 spiro atoms. The van der Waals surface area contributed by atoms with Gasteiger partial charge in [-0.1, -0.05) is 6.07 Å². The lowest BCUT2D eigenvalue weighted by Gasteiger charge is -2.34. The highest BCUT2D eigenvalue weighted by Crippen LogP contribution is 2.33. The first kappa shape index (κ1) is 15.3. The summed E-state index contributed by atoms with van der Waals surface area (Å²) in [5.41, 5.74) is 3.19. The summed E-state index contributed by atoms with van der Waals surface area (Å²) in [7, 11) is 1.57. The highest BCUT2D eigenvalue weighted by Gasteiger charge is 2.35. The molecule has 0 aliphatic carbocycles. The first-order valence-electron chi connectivity index (χ1n) is 8.01. The molecule has 0 bridgehead atoms. The summed E-state index contributed by atoms with van der Waals surface area (Å²) in [4.78, 5) is 31.0. The van der Waals surface area contributed by atoms with Gasteiger partial charge < -0.3 is 14.6 Å². The molecule has 0 saturated heterocycles. The molecule has 1 N–H and O–H groups in total. The van der Waals surface area contributed by atoms with Crippen molar-refractivity contribution >= 4 is 5.91 Å². The van der Waals surface area contributed by atoms with Gasteiger partial charge in [-0.05, 0) is 17.7 Å². The summed E-state index contributed by atoms with van der Waals surface area (Å²) in [6, 6.07) is 6.91. The third-order valence-corrected chi connectivity index (χ3v) is 4.37. The lowest BCUT2D eigenvalue weighted by atomic mass is 9.96. The maximum Gasteiger partial charge on any atom is 0.273 e. The number of aromatic nitrogens is 4. The largest absolute Gasteiger partial charge is 0.497 e. The average molecular weight is 335 g/mol. The number of rotatable bonds is 3. The van der Waals surface area contributed by atoms with E-state index in [0.717, 1.165) is 23.4 Å². The van der Waals surface area contributed by atoms with Crippen molar-refractivity contribution in [2.45, 2.75) is 12.5 Å². The number of hydrogen-bond donors (Lipinski definition) is 1. The van der Waals surface area contributed by atoms with Crippen LogP contribution in [0.5, 0.6) is 5.75 Å². The molecule has 7 heteroatoms. The first-order valence-corrected chi connectivity index (χ1v) is 8.01. The van der Waals surface area contributed by atoms with E-state index in [1.807, 2.05) is 12.1 Å². The number of pyridine rings is 2. The number of amides is 1. The van der Waals surface area contributed by atoms with E-state index in [-0.39, 0.29) is 11.9 Å². The molecule has 126 valence electrons. The van der Waals surface area contributed by atoms with Crippen molar-refractivity contribution < 1.29 is 9.53 Å². The van der Waals surface area contributed by atoms with Crippen LogP contribution in [0.3, 0.4) is 0 Å². The van der Waals surface area contributed by atoms with Gasteiger partial charge in [0.1, 0.15) is 17.5 Å². The van der Waals surface area contributed by atoms with Gasteiger partial charge in [0.15, 0.2) is 0 Å². The molecule has 7 nitrogen and oxygen atoms in total. The fraction of sp³-hybridized carbons (Fsp3) is 0.222. The Kier molecular flexibility index (Phi) is 3.89. The Morgan fingerprint density at radius 2 is 2.24 bits per heavy atom. The monoisotopic (exact) mass is 335 g/mol. The minimum absolute atomic E-state index is 0.151. The molecule has 4 heterocycles. The number of fused-ring (bicyclic) bond motifs is 1. The number of carbonyl (C=O) groups excluding carboxylic acids is 1. The van der Waals surface area contributed by atoms with Crippen LogP contribution in [0.1, 0.15) is 33.5 Å². The maximum absolute atomic E-state index is 13.1. The van der Waals surface area contributed by atoms with Crippen LogP contribution in [0.2, 0.25) is 0 Å². The number of hydrogen-bond acceptors (Lipinski definition) is 5. The Hall–Kier alpha value is -3.22. The standard InChI is InChI=1S/C18H17N5O2/c1-25-13-4-7-20-15(9-13)18(24)23-8-5-14-16(22-11-21-14)17(23)12-3-2-6-19-10-12/h2-4,6-7,9-11,17H,5,8H2,1H3,(H,21,22). The van der Waals surface area contributed by atoms with Crippen molar-refractivity contribution in [3.8, 4) is 5.75 Å². The minimum atomic E-state index is -0.288. The smallest absolute Gasteiger partial charge is 0.273 e. The van der Waals surface area contributed by atoms with Gasteiger partial charge in [0, 0.05) is 43.3 Å². The van der Waals surface area contributed by atoms with Crippen LogP contribution in [0.4, 0.5) is 0 Å². The van der Waals surface area contributed by atoms with Crippen molar-refractivity contribution in [3.63, 3.8) is 0 Å². The van der Waals surface area contributed by atoms with Gasteiger partial charge in [-0.2, -0.15) is 0 Å². The SMILES string of the molecule is COc1ccnc(C(=O)N2CCc3[nH]cnc3C2c2cccnc2)c1. The predicted octanol–water partition coefficient (Wildman–Crippen LogP) is 2.00. The summed E-state index contributed by atoms with van der Waals surface area (Å²) in [6.07, 6.45) is 7.46. The molecule has 1 amide bonds. The van der Waals surface area contributed by atoms with Gasteiger partial charge >= 0.3 is 0 Å². The van der Waals surface area contributed by atoms with Gasteiger partial charge in [0.2, 0.25) is 0 Å². The molecule has 1 unspecified atom stereocenters. The molecule has 0 saturated carbocycles. The average Bonchev–Trinajstić information content (AvgIpc) is 3.16. The third kappa shape index (κ3) is 2.73. The molecule has 25 heavy (non-hydrogen) atoms. The van der Waals surface area contributed by atoms with Gasteiger partial charge in [-0.15, -0.1) is 0 Å². The number of imidazole rings is 1. The second-order valence-corrected chi connectivity index (χ2v) is 5.78. The number of aromatic amines is 1. The summed E-state index contributed by atoms with van der Waals surface area (Å²) < 4.78 is 5.21. The quantitative estimate of drug-likeness (QED) is 0.791. The molecular formula is C18H17N5O2. The Bertz CT molecular complexity index is 893. The number of nitrogens with one attached hydrogen (secondary N) is 1. The molecule has 1 aliphatic heterocycles. The number of nitrogens with zero attached hydrogens (tertiary/aromatic N) is 4. The molecular weight excluding hydrogens is 318 g/mol. The van der Waals surface area contributed by atoms with Gasteiger partial charge in [0.05, 0.1) is 19.1 Å². The van der Waals surface area contributed by atoms with Gasteiger partial charge in [-0.3, -0.25) is 14.8 Å². The molecule has 3 aromatic rings. The Labute approximate surface area is 144 Å². The third-order valence-electron chi connectivity index (χ3n) is 4.37. The lowest BCUT2D eigenvalue weighted by molar-refractivity contribution is 0.0684. The minimum Gasteiger partial charge on any atom is -0.497 e. The Morgan fingerprint density at radius 3 is 3.04 bits per heavy atom. The van der Waals surface area contributed by atoms with E-state index in [9.17, 15) is 4.79 Å². The molecule has 3 aromatic heterocycles. The van der Waals surface area contributed by atoms with E-state index in [4.69, 9.17) is 4.74 Å². The molecule has 0 aromatic carbocycles. The highest BCUT2D eigenvalue weighted by molar-refractivity contribution is 5.93.